The maximum Gasteiger partial charge on any atom is 0.254 e. The van der Waals surface area contributed by atoms with Crippen molar-refractivity contribution in [3.63, 3.8) is 0 Å². The van der Waals surface area contributed by atoms with Crippen LogP contribution in [0.2, 0.25) is 0 Å². The predicted molar refractivity (Wildman–Crippen MR) is 76.8 cm³/mol. The number of carbonyl (C=O) groups excluding carboxylic acids is 1. The number of rotatable bonds is 3. The van der Waals surface area contributed by atoms with Crippen molar-refractivity contribution in [3.05, 3.63) is 29.3 Å². The Kier molecular flexibility index (Phi) is 4.74. The summed E-state index contributed by atoms with van der Waals surface area (Å²) >= 11 is 0. The highest BCUT2D eigenvalue weighted by atomic mass is 19.1. The van der Waals surface area contributed by atoms with Crippen molar-refractivity contribution >= 4 is 11.6 Å². The number of nitrogens with two attached hydrogens (primary N) is 1. The molecule has 116 valence electrons. The van der Waals surface area contributed by atoms with Crippen LogP contribution in [-0.2, 0) is 0 Å². The Bertz CT molecular complexity index is 507. The lowest BCUT2D eigenvalue weighted by Crippen LogP contribution is -2.44. The zero-order valence-electron chi connectivity index (χ0n) is 12.2. The maximum atomic E-state index is 13.7. The molecule has 0 aliphatic carbocycles. The average Bonchev–Trinajstić information content (AvgIpc) is 2.46. The van der Waals surface area contributed by atoms with E-state index in [1.807, 2.05) is 12.5 Å². The molecule has 1 amide bonds. The minimum Gasteiger partial charge on any atom is -0.339 e. The molecule has 3 N–H and O–H groups in total. The first-order chi connectivity index (χ1) is 9.93. The van der Waals surface area contributed by atoms with Crippen molar-refractivity contribution in [1.82, 2.24) is 9.80 Å². The van der Waals surface area contributed by atoms with Crippen LogP contribution in [-0.4, -0.2) is 48.9 Å². The fraction of sp³-hybridized carbons (Fsp3) is 0.500. The summed E-state index contributed by atoms with van der Waals surface area (Å²) in [6.45, 7) is 1.81. The van der Waals surface area contributed by atoms with E-state index in [1.54, 1.807) is 11.9 Å². The highest BCUT2D eigenvalue weighted by molar-refractivity contribution is 5.94. The number of nitrogen functional groups attached to an aromatic ring is 1. The van der Waals surface area contributed by atoms with Gasteiger partial charge in [0.05, 0.1) is 0 Å². The van der Waals surface area contributed by atoms with Gasteiger partial charge in [-0.3, -0.25) is 10.6 Å². The van der Waals surface area contributed by atoms with Crippen LogP contribution in [0.15, 0.2) is 12.1 Å². The molecule has 21 heavy (non-hydrogen) atoms. The molecule has 0 unspecified atom stereocenters. The van der Waals surface area contributed by atoms with E-state index in [-0.39, 0.29) is 17.5 Å². The van der Waals surface area contributed by atoms with Crippen molar-refractivity contribution in [2.24, 2.45) is 5.84 Å². The number of anilines is 1. The number of hydrazine groups is 1. The molecule has 0 bridgehead atoms. The molecular formula is C14H20F2N4O. The summed E-state index contributed by atoms with van der Waals surface area (Å²) in [7, 11) is 3.70. The Morgan fingerprint density at radius 1 is 1.33 bits per heavy atom. The Labute approximate surface area is 122 Å². The molecule has 1 heterocycles. The molecule has 0 spiro atoms. The van der Waals surface area contributed by atoms with E-state index in [4.69, 9.17) is 5.84 Å². The number of halogens is 2. The number of amides is 1. The number of benzene rings is 1. The summed E-state index contributed by atoms with van der Waals surface area (Å²) in [4.78, 5) is 16.1. The number of piperidine rings is 1. The number of nitrogens with zero attached hydrogens (tertiary/aromatic N) is 2. The van der Waals surface area contributed by atoms with E-state index < -0.39 is 17.3 Å². The molecule has 7 heteroatoms. The Balaban J connectivity index is 2.16. The Morgan fingerprint density at radius 3 is 2.33 bits per heavy atom. The summed E-state index contributed by atoms with van der Waals surface area (Å²) in [5.41, 5.74) is 1.50. The monoisotopic (exact) mass is 298 g/mol. The van der Waals surface area contributed by atoms with Crippen molar-refractivity contribution < 1.29 is 13.6 Å². The zero-order valence-corrected chi connectivity index (χ0v) is 12.2. The van der Waals surface area contributed by atoms with Gasteiger partial charge in [-0.15, -0.1) is 0 Å². The second-order valence-corrected chi connectivity index (χ2v) is 5.41. The molecular weight excluding hydrogens is 278 g/mol. The first-order valence-corrected chi connectivity index (χ1v) is 6.85. The van der Waals surface area contributed by atoms with Crippen LogP contribution in [0.1, 0.15) is 23.2 Å². The predicted octanol–water partition coefficient (Wildman–Crippen LogP) is 1.42. The van der Waals surface area contributed by atoms with Gasteiger partial charge in [-0.05, 0) is 45.1 Å². The largest absolute Gasteiger partial charge is 0.339 e. The van der Waals surface area contributed by atoms with Gasteiger partial charge in [0.25, 0.3) is 5.91 Å². The average molecular weight is 298 g/mol. The zero-order chi connectivity index (χ0) is 15.6. The maximum absolute atomic E-state index is 13.7. The topological polar surface area (TPSA) is 61.6 Å². The Morgan fingerprint density at radius 2 is 1.86 bits per heavy atom. The van der Waals surface area contributed by atoms with E-state index in [1.165, 1.54) is 0 Å². The van der Waals surface area contributed by atoms with E-state index in [0.717, 1.165) is 38.1 Å². The molecule has 2 rings (SSSR count). The van der Waals surface area contributed by atoms with Crippen LogP contribution in [0.5, 0.6) is 0 Å². The number of likely N-dealkylation sites (tertiary alicyclic amines) is 1. The summed E-state index contributed by atoms with van der Waals surface area (Å²) < 4.78 is 27.3. The molecule has 1 aromatic carbocycles. The standard InChI is InChI=1S/C14H20F2N4O/c1-19-5-3-10(4-6-19)20(2)14(21)9-7-11(15)13(18-17)12(16)8-9/h7-8,10,18H,3-6,17H2,1-2H3. The molecule has 1 aliphatic heterocycles. The van der Waals surface area contributed by atoms with Gasteiger partial charge in [-0.25, -0.2) is 8.78 Å². The lowest BCUT2D eigenvalue weighted by atomic mass is 10.0. The normalized spacial score (nSPS) is 16.8. The van der Waals surface area contributed by atoms with Crippen LogP contribution < -0.4 is 11.3 Å². The molecule has 0 radical (unpaired) electrons. The number of nitrogens with one attached hydrogen (secondary N) is 1. The van der Waals surface area contributed by atoms with Crippen molar-refractivity contribution in [1.29, 1.82) is 0 Å². The Hall–Kier alpha value is -1.73. The van der Waals surface area contributed by atoms with Gasteiger partial charge in [0.2, 0.25) is 0 Å². The van der Waals surface area contributed by atoms with Crippen molar-refractivity contribution in [2.45, 2.75) is 18.9 Å². The van der Waals surface area contributed by atoms with Crippen LogP contribution >= 0.6 is 0 Å². The van der Waals surface area contributed by atoms with E-state index in [0.29, 0.717) is 0 Å². The van der Waals surface area contributed by atoms with Gasteiger partial charge in [-0.2, -0.15) is 0 Å². The minimum absolute atomic E-state index is 0.00886. The summed E-state index contributed by atoms with van der Waals surface area (Å²) in [5.74, 6) is 2.90. The molecule has 0 saturated carbocycles. The van der Waals surface area contributed by atoms with Gasteiger partial charge < -0.3 is 15.2 Å². The third-order valence-corrected chi connectivity index (χ3v) is 3.99. The molecule has 1 saturated heterocycles. The smallest absolute Gasteiger partial charge is 0.254 e. The number of hydrogen-bond acceptors (Lipinski definition) is 4. The fourth-order valence-electron chi connectivity index (χ4n) is 2.59. The molecule has 1 aliphatic rings. The van der Waals surface area contributed by atoms with Crippen LogP contribution in [0.4, 0.5) is 14.5 Å². The quantitative estimate of drug-likeness (QED) is 0.654. The second-order valence-electron chi connectivity index (χ2n) is 5.41. The first kappa shape index (κ1) is 15.7. The third kappa shape index (κ3) is 3.30. The SMILES string of the molecule is CN1CCC(N(C)C(=O)c2cc(F)c(NN)c(F)c2)CC1. The lowest BCUT2D eigenvalue weighted by molar-refractivity contribution is 0.0658. The number of hydrogen-bond donors (Lipinski definition) is 2. The van der Waals surface area contributed by atoms with E-state index in [2.05, 4.69) is 4.90 Å². The van der Waals surface area contributed by atoms with Gasteiger partial charge in [-0.1, -0.05) is 0 Å². The summed E-state index contributed by atoms with van der Waals surface area (Å²) in [6, 6.07) is 2.10. The molecule has 1 fully saturated rings. The van der Waals surface area contributed by atoms with Gasteiger partial charge in [0.15, 0.2) is 11.6 Å². The van der Waals surface area contributed by atoms with Crippen molar-refractivity contribution in [2.75, 3.05) is 32.6 Å². The number of carbonyl (C=O) groups is 1. The highest BCUT2D eigenvalue weighted by Crippen LogP contribution is 2.22. The highest BCUT2D eigenvalue weighted by Gasteiger charge is 2.25. The first-order valence-electron chi connectivity index (χ1n) is 6.85. The van der Waals surface area contributed by atoms with Gasteiger partial charge in [0.1, 0.15) is 5.69 Å². The second kappa shape index (κ2) is 6.36. The van der Waals surface area contributed by atoms with Gasteiger partial charge >= 0.3 is 0 Å². The van der Waals surface area contributed by atoms with Crippen LogP contribution in [0, 0.1) is 11.6 Å². The fourth-order valence-corrected chi connectivity index (χ4v) is 2.59. The van der Waals surface area contributed by atoms with Crippen LogP contribution in [0.3, 0.4) is 0 Å². The summed E-state index contributed by atoms with van der Waals surface area (Å²) in [6.07, 6.45) is 1.71. The van der Waals surface area contributed by atoms with Crippen LogP contribution in [0.25, 0.3) is 0 Å². The molecule has 5 nitrogen and oxygen atoms in total. The van der Waals surface area contributed by atoms with E-state index >= 15 is 0 Å². The van der Waals surface area contributed by atoms with Crippen molar-refractivity contribution in [3.8, 4) is 0 Å². The lowest BCUT2D eigenvalue weighted by Gasteiger charge is -2.35. The molecule has 0 atom stereocenters. The minimum atomic E-state index is -0.877. The van der Waals surface area contributed by atoms with E-state index in [9.17, 15) is 13.6 Å². The summed E-state index contributed by atoms with van der Waals surface area (Å²) in [5, 5.41) is 0. The molecule has 0 aromatic heterocycles. The molecule has 1 aromatic rings. The van der Waals surface area contributed by atoms with Gasteiger partial charge in [0, 0.05) is 18.7 Å². The third-order valence-electron chi connectivity index (χ3n) is 3.99.